The molecule has 1 atom stereocenters. The highest BCUT2D eigenvalue weighted by molar-refractivity contribution is 7.97. The fraction of sp³-hybridized carbons (Fsp3) is 0.364. The molecule has 1 fully saturated rings. The summed E-state index contributed by atoms with van der Waals surface area (Å²) in [7, 11) is 0. The van der Waals surface area contributed by atoms with E-state index in [1.807, 2.05) is 11.9 Å². The zero-order valence-electron chi connectivity index (χ0n) is 7.36. The molecule has 2 heterocycles. The number of nitrogens with zero attached hydrogens (tertiary/aromatic N) is 1. The second kappa shape index (κ2) is 3.03. The Kier molecular flexibility index (Phi) is 1.84. The molecule has 2 aliphatic heterocycles. The lowest BCUT2D eigenvalue weighted by molar-refractivity contribution is 0.338. The average Bonchev–Trinajstić information content (AvgIpc) is 2.56. The Morgan fingerprint density at radius 1 is 1.38 bits per heavy atom. The van der Waals surface area contributed by atoms with E-state index < -0.39 is 0 Å². The Bertz CT molecular complexity index is 324. The van der Waals surface area contributed by atoms with E-state index >= 15 is 0 Å². The van der Waals surface area contributed by atoms with Crippen molar-refractivity contribution in [2.24, 2.45) is 0 Å². The molecule has 2 radical (unpaired) electrons. The van der Waals surface area contributed by atoms with E-state index in [2.05, 4.69) is 35.1 Å². The Balaban J connectivity index is 2.01. The van der Waals surface area contributed by atoms with Crippen LogP contribution in [0.5, 0.6) is 0 Å². The van der Waals surface area contributed by atoms with Crippen molar-refractivity contribution in [1.82, 2.24) is 4.31 Å². The van der Waals surface area contributed by atoms with Crippen LogP contribution in [0.25, 0.3) is 0 Å². The molecule has 0 saturated carbocycles. The quantitative estimate of drug-likeness (QED) is 0.576. The van der Waals surface area contributed by atoms with Gasteiger partial charge < -0.3 is 0 Å². The van der Waals surface area contributed by atoms with Gasteiger partial charge in [0.05, 0.1) is 6.54 Å². The minimum Gasteiger partial charge on any atom is -0.229 e. The fourth-order valence-corrected chi connectivity index (χ4v) is 3.20. The number of rotatable bonds is 0. The fourth-order valence-electron chi connectivity index (χ4n) is 2.03. The van der Waals surface area contributed by atoms with Crippen molar-refractivity contribution < 1.29 is 0 Å². The van der Waals surface area contributed by atoms with Crippen LogP contribution in [0, 0.1) is 6.54 Å². The maximum Gasteiger partial charge on any atom is 0.0747 e. The highest BCUT2D eigenvalue weighted by Crippen LogP contribution is 2.49. The van der Waals surface area contributed by atoms with Gasteiger partial charge in [0.15, 0.2) is 0 Å². The van der Waals surface area contributed by atoms with Gasteiger partial charge in [-0.1, -0.05) is 18.2 Å². The highest BCUT2D eigenvalue weighted by Gasteiger charge is 2.32. The summed E-state index contributed by atoms with van der Waals surface area (Å²) in [5, 5.41) is 0. The minimum atomic E-state index is 0.606. The summed E-state index contributed by atoms with van der Waals surface area (Å²) in [5.74, 6) is 0. The molecule has 1 nitrogen and oxygen atoms in total. The largest absolute Gasteiger partial charge is 0.229 e. The zero-order chi connectivity index (χ0) is 8.67. The number of benzene rings is 1. The molecule has 3 rings (SSSR count). The number of fused-ring (bicyclic) bond motifs is 3. The summed E-state index contributed by atoms with van der Waals surface area (Å²) in [4.78, 5) is 1.42. The molecular weight excluding hydrogens is 178 g/mol. The molecule has 0 spiro atoms. The van der Waals surface area contributed by atoms with Crippen LogP contribution in [0.15, 0.2) is 29.2 Å². The third-order valence-corrected chi connectivity index (χ3v) is 3.83. The first-order chi connectivity index (χ1) is 6.45. The topological polar surface area (TPSA) is 3.24 Å². The molecule has 1 unspecified atom stereocenters. The van der Waals surface area contributed by atoms with Crippen LogP contribution in [0.3, 0.4) is 0 Å². The van der Waals surface area contributed by atoms with Crippen LogP contribution >= 0.6 is 11.9 Å². The van der Waals surface area contributed by atoms with Crippen molar-refractivity contribution in [3.8, 4) is 0 Å². The highest BCUT2D eigenvalue weighted by atomic mass is 32.2. The van der Waals surface area contributed by atoms with E-state index in [0.717, 1.165) is 6.42 Å². The molecule has 0 aliphatic carbocycles. The number of piperidine rings is 1. The average molecular weight is 189 g/mol. The first kappa shape index (κ1) is 7.89. The standard InChI is InChI=1S/C11H11NS/c1-2-7-11-9(5-1)10-6-3-4-8-12(10)13-11/h1-2,5,7,10H,3-4,6H2. The maximum absolute atomic E-state index is 3.42. The van der Waals surface area contributed by atoms with Crippen LogP contribution in [0.1, 0.15) is 30.9 Å². The molecule has 2 aliphatic rings. The van der Waals surface area contributed by atoms with Crippen molar-refractivity contribution in [2.45, 2.75) is 30.2 Å². The van der Waals surface area contributed by atoms with Crippen LogP contribution < -0.4 is 0 Å². The molecule has 0 bridgehead atoms. The van der Waals surface area contributed by atoms with Gasteiger partial charge in [-0.25, -0.2) is 4.31 Å². The molecule has 1 aromatic rings. The Hall–Kier alpha value is -0.470. The van der Waals surface area contributed by atoms with Gasteiger partial charge in [-0.2, -0.15) is 0 Å². The molecule has 1 saturated heterocycles. The summed E-state index contributed by atoms with van der Waals surface area (Å²) in [6, 6.07) is 9.32. The lowest BCUT2D eigenvalue weighted by Crippen LogP contribution is -2.18. The second-order valence-corrected chi connectivity index (χ2v) is 4.54. The molecule has 0 N–H and O–H groups in total. The lowest BCUT2D eigenvalue weighted by atomic mass is 9.98. The van der Waals surface area contributed by atoms with Crippen molar-refractivity contribution in [3.63, 3.8) is 0 Å². The Labute approximate surface area is 83.3 Å². The van der Waals surface area contributed by atoms with E-state index in [1.54, 1.807) is 0 Å². The monoisotopic (exact) mass is 189 g/mol. The first-order valence-electron chi connectivity index (χ1n) is 4.75. The molecule has 13 heavy (non-hydrogen) atoms. The first-order valence-corrected chi connectivity index (χ1v) is 5.52. The van der Waals surface area contributed by atoms with Crippen molar-refractivity contribution in [3.05, 3.63) is 36.4 Å². The van der Waals surface area contributed by atoms with Gasteiger partial charge in [-0.05, 0) is 42.8 Å². The van der Waals surface area contributed by atoms with Crippen LogP contribution in [0.2, 0.25) is 0 Å². The summed E-state index contributed by atoms with van der Waals surface area (Å²) >= 11 is 1.84. The van der Waals surface area contributed by atoms with Gasteiger partial charge in [0, 0.05) is 10.9 Å². The lowest BCUT2D eigenvalue weighted by Gasteiger charge is -2.26. The van der Waals surface area contributed by atoms with Gasteiger partial charge in [0.25, 0.3) is 0 Å². The van der Waals surface area contributed by atoms with Gasteiger partial charge in [0.1, 0.15) is 0 Å². The van der Waals surface area contributed by atoms with E-state index in [0.29, 0.717) is 6.04 Å². The van der Waals surface area contributed by atoms with Crippen LogP contribution in [-0.2, 0) is 0 Å². The van der Waals surface area contributed by atoms with Gasteiger partial charge in [-0.3, -0.25) is 0 Å². The van der Waals surface area contributed by atoms with Gasteiger partial charge in [0.2, 0.25) is 0 Å². The van der Waals surface area contributed by atoms with Crippen molar-refractivity contribution >= 4 is 11.9 Å². The molecule has 0 amide bonds. The normalized spacial score (nSPS) is 26.9. The summed E-state index contributed by atoms with van der Waals surface area (Å²) < 4.78 is 2.30. The molecule has 1 aromatic carbocycles. The van der Waals surface area contributed by atoms with E-state index in [9.17, 15) is 0 Å². The van der Waals surface area contributed by atoms with Gasteiger partial charge >= 0.3 is 0 Å². The SMILES string of the molecule is [C]1CCCC2c3ccccc3SN12. The van der Waals surface area contributed by atoms with Gasteiger partial charge in [-0.15, -0.1) is 0 Å². The third-order valence-electron chi connectivity index (χ3n) is 2.68. The number of hydrogen-bond donors (Lipinski definition) is 0. The molecule has 66 valence electrons. The van der Waals surface area contributed by atoms with Crippen molar-refractivity contribution in [2.75, 3.05) is 0 Å². The maximum atomic E-state index is 3.42. The summed E-state index contributed by atoms with van der Waals surface area (Å²) in [6.45, 7) is 3.42. The molecule has 0 aromatic heterocycles. The number of hydrogen-bond acceptors (Lipinski definition) is 2. The predicted molar refractivity (Wildman–Crippen MR) is 54.0 cm³/mol. The Morgan fingerprint density at radius 2 is 2.31 bits per heavy atom. The van der Waals surface area contributed by atoms with E-state index in [-0.39, 0.29) is 0 Å². The summed E-state index contributed by atoms with van der Waals surface area (Å²) in [6.07, 6.45) is 3.70. The molecular formula is C11H11NS. The second-order valence-electron chi connectivity index (χ2n) is 3.52. The van der Waals surface area contributed by atoms with Crippen LogP contribution in [-0.4, -0.2) is 4.31 Å². The van der Waals surface area contributed by atoms with E-state index in [1.165, 1.54) is 23.3 Å². The third kappa shape index (κ3) is 1.20. The van der Waals surface area contributed by atoms with Crippen molar-refractivity contribution in [1.29, 1.82) is 0 Å². The summed E-state index contributed by atoms with van der Waals surface area (Å²) in [5.41, 5.74) is 1.50. The Morgan fingerprint density at radius 3 is 3.31 bits per heavy atom. The zero-order valence-corrected chi connectivity index (χ0v) is 8.18. The minimum absolute atomic E-state index is 0.606. The smallest absolute Gasteiger partial charge is 0.0747 e. The van der Waals surface area contributed by atoms with E-state index in [4.69, 9.17) is 0 Å². The predicted octanol–water partition coefficient (Wildman–Crippen LogP) is 3.27. The van der Waals surface area contributed by atoms with Crippen LogP contribution in [0.4, 0.5) is 0 Å². The molecule has 2 heteroatoms.